The van der Waals surface area contributed by atoms with Gasteiger partial charge < -0.3 is 4.74 Å². The second-order valence-electron chi connectivity index (χ2n) is 9.42. The second-order valence-corrected chi connectivity index (χ2v) is 9.42. The Morgan fingerprint density at radius 3 is 2.47 bits per heavy atom. The standard InChI is InChI=1S/C26H27NO3/c1-15(2)21-12-5-16(3)13-22(21)30-20-10-8-19(9-11-20)27-24(28)23-17-6-7-18(14-17)26(23,4)25(27)29/h5-13,15,17-18,23H,14H2,1-4H3/t17-,18-,23+,26+/m1/s1. The van der Waals surface area contributed by atoms with E-state index in [0.717, 1.165) is 23.3 Å². The molecule has 2 bridgehead atoms. The average Bonchev–Trinajstić information content (AvgIpc) is 3.34. The van der Waals surface area contributed by atoms with Crippen molar-refractivity contribution < 1.29 is 14.3 Å². The molecule has 154 valence electrons. The third kappa shape index (κ3) is 2.59. The second kappa shape index (κ2) is 6.56. The molecule has 1 heterocycles. The minimum absolute atomic E-state index is 0.0613. The number of benzene rings is 2. The lowest BCUT2D eigenvalue weighted by Crippen LogP contribution is -2.37. The van der Waals surface area contributed by atoms with E-state index in [1.165, 1.54) is 4.90 Å². The molecule has 2 aliphatic carbocycles. The van der Waals surface area contributed by atoms with Gasteiger partial charge in [-0.05, 0) is 79.5 Å². The highest BCUT2D eigenvalue weighted by Gasteiger charge is 2.67. The quantitative estimate of drug-likeness (QED) is 0.494. The maximum absolute atomic E-state index is 13.3. The molecule has 1 saturated carbocycles. The van der Waals surface area contributed by atoms with Crippen LogP contribution in [0.25, 0.3) is 0 Å². The van der Waals surface area contributed by atoms with Crippen LogP contribution < -0.4 is 9.64 Å². The Balaban J connectivity index is 1.41. The minimum Gasteiger partial charge on any atom is -0.457 e. The number of ether oxygens (including phenoxy) is 1. The van der Waals surface area contributed by atoms with Gasteiger partial charge in [-0.25, -0.2) is 4.90 Å². The third-order valence-corrected chi connectivity index (χ3v) is 7.23. The Labute approximate surface area is 177 Å². The van der Waals surface area contributed by atoms with Crippen LogP contribution in [0.5, 0.6) is 11.5 Å². The van der Waals surface area contributed by atoms with Crippen LogP contribution in [0.1, 0.15) is 44.2 Å². The number of aryl methyl sites for hydroxylation is 1. The van der Waals surface area contributed by atoms with Crippen LogP contribution in [-0.2, 0) is 9.59 Å². The number of hydrogen-bond donors (Lipinski definition) is 0. The van der Waals surface area contributed by atoms with Gasteiger partial charge in [0.2, 0.25) is 11.8 Å². The summed E-state index contributed by atoms with van der Waals surface area (Å²) < 4.78 is 6.16. The molecule has 5 rings (SSSR count). The zero-order chi connectivity index (χ0) is 21.2. The van der Waals surface area contributed by atoms with Crippen LogP contribution in [0, 0.1) is 30.1 Å². The number of hydrogen-bond acceptors (Lipinski definition) is 3. The van der Waals surface area contributed by atoms with E-state index in [0.29, 0.717) is 17.4 Å². The van der Waals surface area contributed by atoms with Gasteiger partial charge in [-0.2, -0.15) is 0 Å². The van der Waals surface area contributed by atoms with Crippen molar-refractivity contribution in [3.63, 3.8) is 0 Å². The first-order valence-corrected chi connectivity index (χ1v) is 10.8. The van der Waals surface area contributed by atoms with Crippen LogP contribution in [0.3, 0.4) is 0 Å². The SMILES string of the molecule is Cc1ccc(C(C)C)c(Oc2ccc(N3C(=O)[C@@H]4[C@@H]5C=C[C@H](C5)[C@]4(C)C3=O)cc2)c1. The first kappa shape index (κ1) is 19.1. The Morgan fingerprint density at radius 2 is 1.80 bits per heavy atom. The van der Waals surface area contributed by atoms with Crippen molar-refractivity contribution in [3.8, 4) is 11.5 Å². The van der Waals surface area contributed by atoms with Crippen LogP contribution in [0.4, 0.5) is 5.69 Å². The monoisotopic (exact) mass is 401 g/mol. The van der Waals surface area contributed by atoms with Gasteiger partial charge in [-0.15, -0.1) is 0 Å². The molecule has 2 amide bonds. The fourth-order valence-electron chi connectivity index (χ4n) is 5.55. The third-order valence-electron chi connectivity index (χ3n) is 7.23. The topological polar surface area (TPSA) is 46.6 Å². The highest BCUT2D eigenvalue weighted by molar-refractivity contribution is 6.24. The van der Waals surface area contributed by atoms with Crippen LogP contribution in [0.15, 0.2) is 54.6 Å². The number of carbonyl (C=O) groups excluding carboxylic acids is 2. The number of imide groups is 1. The van der Waals surface area contributed by atoms with E-state index >= 15 is 0 Å². The number of allylic oxidation sites excluding steroid dienone is 2. The Bertz CT molecular complexity index is 1070. The molecule has 4 heteroatoms. The molecule has 0 radical (unpaired) electrons. The van der Waals surface area contributed by atoms with Crippen molar-refractivity contribution >= 4 is 17.5 Å². The summed E-state index contributed by atoms with van der Waals surface area (Å²) in [5.74, 6) is 1.90. The van der Waals surface area contributed by atoms with Gasteiger partial charge in [0.15, 0.2) is 0 Å². The fraction of sp³-hybridized carbons (Fsp3) is 0.385. The highest BCUT2D eigenvalue weighted by atomic mass is 16.5. The number of carbonyl (C=O) groups is 2. The molecule has 3 aliphatic rings. The van der Waals surface area contributed by atoms with E-state index in [1.807, 2.05) is 44.2 Å². The first-order chi connectivity index (χ1) is 14.3. The number of anilines is 1. The summed E-state index contributed by atoms with van der Waals surface area (Å²) in [7, 11) is 0. The van der Waals surface area contributed by atoms with E-state index in [1.54, 1.807) is 0 Å². The molecule has 1 aliphatic heterocycles. The summed E-state index contributed by atoms with van der Waals surface area (Å²) in [5, 5.41) is 0. The van der Waals surface area contributed by atoms with Crippen molar-refractivity contribution in [2.45, 2.75) is 40.0 Å². The predicted octanol–water partition coefficient (Wildman–Crippen LogP) is 5.61. The maximum Gasteiger partial charge on any atom is 0.241 e. The zero-order valence-corrected chi connectivity index (χ0v) is 17.9. The molecule has 2 aromatic carbocycles. The summed E-state index contributed by atoms with van der Waals surface area (Å²) in [5.41, 5.74) is 2.32. The summed E-state index contributed by atoms with van der Waals surface area (Å²) in [6.07, 6.45) is 5.17. The Morgan fingerprint density at radius 1 is 1.07 bits per heavy atom. The van der Waals surface area contributed by atoms with E-state index in [-0.39, 0.29) is 29.6 Å². The first-order valence-electron chi connectivity index (χ1n) is 10.8. The minimum atomic E-state index is -0.598. The van der Waals surface area contributed by atoms with Gasteiger partial charge in [-0.1, -0.05) is 38.1 Å². The van der Waals surface area contributed by atoms with Crippen LogP contribution in [-0.4, -0.2) is 11.8 Å². The van der Waals surface area contributed by atoms with Crippen LogP contribution >= 0.6 is 0 Å². The molecule has 1 saturated heterocycles. The average molecular weight is 402 g/mol. The molecule has 0 spiro atoms. The summed E-state index contributed by atoms with van der Waals surface area (Å²) >= 11 is 0. The van der Waals surface area contributed by atoms with E-state index < -0.39 is 5.41 Å². The van der Waals surface area contributed by atoms with Gasteiger partial charge in [0.05, 0.1) is 17.0 Å². The lowest BCUT2D eigenvalue weighted by atomic mass is 9.71. The molecule has 2 fully saturated rings. The molecule has 4 nitrogen and oxygen atoms in total. The molecule has 0 unspecified atom stereocenters. The molecule has 4 atom stereocenters. The molecular weight excluding hydrogens is 374 g/mol. The molecule has 0 N–H and O–H groups in total. The van der Waals surface area contributed by atoms with Gasteiger partial charge in [0.25, 0.3) is 0 Å². The van der Waals surface area contributed by atoms with Crippen molar-refractivity contribution in [2.24, 2.45) is 23.2 Å². The number of fused-ring (bicyclic) bond motifs is 5. The Hall–Kier alpha value is -2.88. The van der Waals surface area contributed by atoms with Crippen molar-refractivity contribution in [2.75, 3.05) is 4.90 Å². The molecular formula is C26H27NO3. The van der Waals surface area contributed by atoms with Gasteiger partial charge >= 0.3 is 0 Å². The van der Waals surface area contributed by atoms with Crippen molar-refractivity contribution in [3.05, 3.63) is 65.7 Å². The maximum atomic E-state index is 13.3. The number of nitrogens with zero attached hydrogens (tertiary/aromatic N) is 1. The highest BCUT2D eigenvalue weighted by Crippen LogP contribution is 2.60. The molecule has 2 aromatic rings. The number of amides is 2. The summed E-state index contributed by atoms with van der Waals surface area (Å²) in [4.78, 5) is 27.8. The molecule has 0 aromatic heterocycles. The van der Waals surface area contributed by atoms with E-state index in [9.17, 15) is 9.59 Å². The van der Waals surface area contributed by atoms with Crippen molar-refractivity contribution in [1.29, 1.82) is 0 Å². The smallest absolute Gasteiger partial charge is 0.241 e. The molecule has 30 heavy (non-hydrogen) atoms. The lowest BCUT2D eigenvalue weighted by Gasteiger charge is -2.28. The summed E-state index contributed by atoms with van der Waals surface area (Å²) in [6.45, 7) is 8.30. The predicted molar refractivity (Wildman–Crippen MR) is 117 cm³/mol. The zero-order valence-electron chi connectivity index (χ0n) is 17.9. The van der Waals surface area contributed by atoms with Crippen LogP contribution in [0.2, 0.25) is 0 Å². The summed E-state index contributed by atoms with van der Waals surface area (Å²) in [6, 6.07) is 13.5. The van der Waals surface area contributed by atoms with Gasteiger partial charge in [-0.3, -0.25) is 9.59 Å². The lowest BCUT2D eigenvalue weighted by molar-refractivity contribution is -0.127. The van der Waals surface area contributed by atoms with Gasteiger partial charge in [0, 0.05) is 0 Å². The van der Waals surface area contributed by atoms with E-state index in [4.69, 9.17) is 4.74 Å². The largest absolute Gasteiger partial charge is 0.457 e. The fourth-order valence-corrected chi connectivity index (χ4v) is 5.55. The Kier molecular flexibility index (Phi) is 4.18. The normalized spacial score (nSPS) is 29.2. The van der Waals surface area contributed by atoms with E-state index in [2.05, 4.69) is 38.1 Å². The van der Waals surface area contributed by atoms with Gasteiger partial charge in [0.1, 0.15) is 11.5 Å². The van der Waals surface area contributed by atoms with Crippen molar-refractivity contribution in [1.82, 2.24) is 0 Å². The number of rotatable bonds is 4.